The lowest BCUT2D eigenvalue weighted by Gasteiger charge is -2.11. The fraction of sp³-hybridized carbons (Fsp3) is 0.381. The summed E-state index contributed by atoms with van der Waals surface area (Å²) in [5, 5.41) is 2.85. The summed E-state index contributed by atoms with van der Waals surface area (Å²) in [6, 6.07) is 11.0. The SMILES string of the molecule is COc1cc(OC)cc(OCC(=O)NCCCc2ccc(OC)c(OC)c2)c1. The maximum absolute atomic E-state index is 12.0. The Morgan fingerprint density at radius 3 is 2.07 bits per heavy atom. The van der Waals surface area contributed by atoms with Gasteiger partial charge in [-0.25, -0.2) is 0 Å². The Balaban J connectivity index is 1.74. The Morgan fingerprint density at radius 1 is 0.821 bits per heavy atom. The fourth-order valence-corrected chi connectivity index (χ4v) is 2.62. The van der Waals surface area contributed by atoms with Crippen molar-refractivity contribution in [3.63, 3.8) is 0 Å². The molecule has 0 spiro atoms. The molecule has 152 valence electrons. The van der Waals surface area contributed by atoms with Gasteiger partial charge in [0.25, 0.3) is 5.91 Å². The zero-order valence-corrected chi connectivity index (χ0v) is 16.7. The highest BCUT2D eigenvalue weighted by atomic mass is 16.5. The molecule has 0 bridgehead atoms. The van der Waals surface area contributed by atoms with Crippen molar-refractivity contribution >= 4 is 5.91 Å². The molecule has 1 amide bonds. The van der Waals surface area contributed by atoms with Crippen LogP contribution in [0.1, 0.15) is 12.0 Å². The molecule has 2 rings (SSSR count). The number of amides is 1. The van der Waals surface area contributed by atoms with E-state index in [0.29, 0.717) is 35.3 Å². The normalized spacial score (nSPS) is 10.1. The number of carbonyl (C=O) groups is 1. The Labute approximate surface area is 165 Å². The van der Waals surface area contributed by atoms with Crippen molar-refractivity contribution in [2.75, 3.05) is 41.6 Å². The first-order valence-corrected chi connectivity index (χ1v) is 8.93. The van der Waals surface area contributed by atoms with Crippen LogP contribution in [-0.2, 0) is 11.2 Å². The fourth-order valence-electron chi connectivity index (χ4n) is 2.62. The van der Waals surface area contributed by atoms with Crippen LogP contribution in [0.2, 0.25) is 0 Å². The molecule has 0 aliphatic carbocycles. The smallest absolute Gasteiger partial charge is 0.257 e. The molecule has 0 aliphatic rings. The number of carbonyl (C=O) groups excluding carboxylic acids is 1. The van der Waals surface area contributed by atoms with Crippen molar-refractivity contribution in [3.8, 4) is 28.7 Å². The van der Waals surface area contributed by atoms with Gasteiger partial charge in [0.1, 0.15) is 17.2 Å². The highest BCUT2D eigenvalue weighted by molar-refractivity contribution is 5.77. The number of hydrogen-bond acceptors (Lipinski definition) is 6. The Kier molecular flexibility index (Phi) is 8.27. The quantitative estimate of drug-likeness (QED) is 0.596. The number of nitrogens with one attached hydrogen (secondary N) is 1. The molecule has 0 radical (unpaired) electrons. The molecule has 28 heavy (non-hydrogen) atoms. The van der Waals surface area contributed by atoms with Gasteiger partial charge in [-0.15, -0.1) is 0 Å². The van der Waals surface area contributed by atoms with Gasteiger partial charge in [0.2, 0.25) is 0 Å². The molecule has 0 unspecified atom stereocenters. The molecule has 2 aromatic carbocycles. The lowest BCUT2D eigenvalue weighted by Crippen LogP contribution is -2.29. The van der Waals surface area contributed by atoms with Gasteiger partial charge in [-0.3, -0.25) is 4.79 Å². The molecule has 0 heterocycles. The highest BCUT2D eigenvalue weighted by Gasteiger charge is 2.07. The van der Waals surface area contributed by atoms with E-state index in [9.17, 15) is 4.79 Å². The van der Waals surface area contributed by atoms with Crippen molar-refractivity contribution in [2.24, 2.45) is 0 Å². The van der Waals surface area contributed by atoms with Crippen LogP contribution >= 0.6 is 0 Å². The lowest BCUT2D eigenvalue weighted by atomic mass is 10.1. The summed E-state index contributed by atoms with van der Waals surface area (Å²) in [6.45, 7) is 0.477. The number of benzene rings is 2. The molecule has 0 aliphatic heterocycles. The first-order valence-electron chi connectivity index (χ1n) is 8.93. The Hall–Kier alpha value is -3.09. The van der Waals surface area contributed by atoms with Gasteiger partial charge in [0.15, 0.2) is 18.1 Å². The van der Waals surface area contributed by atoms with Crippen LogP contribution < -0.4 is 29.0 Å². The minimum atomic E-state index is -0.186. The summed E-state index contributed by atoms with van der Waals surface area (Å²) >= 11 is 0. The van der Waals surface area contributed by atoms with Crippen molar-refractivity contribution in [3.05, 3.63) is 42.0 Å². The van der Waals surface area contributed by atoms with E-state index in [-0.39, 0.29) is 12.5 Å². The third-order valence-corrected chi connectivity index (χ3v) is 4.11. The van der Waals surface area contributed by atoms with E-state index < -0.39 is 0 Å². The van der Waals surface area contributed by atoms with Crippen LogP contribution in [0.3, 0.4) is 0 Å². The summed E-state index contributed by atoms with van der Waals surface area (Å²) in [4.78, 5) is 12.0. The largest absolute Gasteiger partial charge is 0.496 e. The van der Waals surface area contributed by atoms with Crippen molar-refractivity contribution in [2.45, 2.75) is 12.8 Å². The predicted molar refractivity (Wildman–Crippen MR) is 106 cm³/mol. The second-order valence-electron chi connectivity index (χ2n) is 5.98. The summed E-state index contributed by atoms with van der Waals surface area (Å²) < 4.78 is 26.4. The van der Waals surface area contributed by atoms with E-state index >= 15 is 0 Å². The van der Waals surface area contributed by atoms with Crippen LogP contribution in [0, 0.1) is 0 Å². The van der Waals surface area contributed by atoms with E-state index in [2.05, 4.69) is 5.32 Å². The van der Waals surface area contributed by atoms with Gasteiger partial charge in [-0.05, 0) is 30.5 Å². The number of ether oxygens (including phenoxy) is 5. The molecule has 2 aromatic rings. The van der Waals surface area contributed by atoms with Gasteiger partial charge in [0, 0.05) is 24.7 Å². The standard InChI is InChI=1S/C21H27NO6/c1-24-16-11-17(25-2)13-18(12-16)28-14-21(23)22-9-5-6-15-7-8-19(26-3)20(10-15)27-4/h7-8,10-13H,5-6,9,14H2,1-4H3,(H,22,23). The maximum Gasteiger partial charge on any atom is 0.257 e. The second kappa shape index (κ2) is 10.9. The van der Waals surface area contributed by atoms with Gasteiger partial charge >= 0.3 is 0 Å². The van der Waals surface area contributed by atoms with Crippen LogP contribution in [0.4, 0.5) is 0 Å². The lowest BCUT2D eigenvalue weighted by molar-refractivity contribution is -0.123. The molecule has 0 fully saturated rings. The average Bonchev–Trinajstić information content (AvgIpc) is 2.74. The van der Waals surface area contributed by atoms with Gasteiger partial charge in [0.05, 0.1) is 28.4 Å². The number of methoxy groups -OCH3 is 4. The minimum absolute atomic E-state index is 0.0767. The van der Waals surface area contributed by atoms with E-state index in [4.69, 9.17) is 23.7 Å². The Morgan fingerprint density at radius 2 is 1.46 bits per heavy atom. The highest BCUT2D eigenvalue weighted by Crippen LogP contribution is 2.28. The summed E-state index contributed by atoms with van der Waals surface area (Å²) in [5.41, 5.74) is 1.12. The van der Waals surface area contributed by atoms with E-state index in [1.54, 1.807) is 46.6 Å². The van der Waals surface area contributed by atoms with Crippen LogP contribution in [-0.4, -0.2) is 47.5 Å². The molecule has 0 saturated heterocycles. The zero-order chi connectivity index (χ0) is 20.4. The third-order valence-electron chi connectivity index (χ3n) is 4.11. The summed E-state index contributed by atoms with van der Waals surface area (Å²) in [6.07, 6.45) is 1.61. The molecule has 7 nitrogen and oxygen atoms in total. The van der Waals surface area contributed by atoms with Gasteiger partial charge < -0.3 is 29.0 Å². The predicted octanol–water partition coefficient (Wildman–Crippen LogP) is 2.85. The van der Waals surface area contributed by atoms with E-state index in [0.717, 1.165) is 18.4 Å². The summed E-state index contributed by atoms with van der Waals surface area (Å²) in [7, 11) is 6.34. The van der Waals surface area contributed by atoms with E-state index in [1.165, 1.54) is 0 Å². The Bertz CT molecular complexity index is 755. The number of rotatable bonds is 11. The molecule has 0 aromatic heterocycles. The topological polar surface area (TPSA) is 75.3 Å². The van der Waals surface area contributed by atoms with Crippen molar-refractivity contribution in [1.29, 1.82) is 0 Å². The minimum Gasteiger partial charge on any atom is -0.496 e. The van der Waals surface area contributed by atoms with Gasteiger partial charge in [-0.2, -0.15) is 0 Å². The molecule has 1 N–H and O–H groups in total. The molecular weight excluding hydrogens is 362 g/mol. The van der Waals surface area contributed by atoms with E-state index in [1.807, 2.05) is 18.2 Å². The monoisotopic (exact) mass is 389 g/mol. The number of hydrogen-bond donors (Lipinski definition) is 1. The van der Waals surface area contributed by atoms with Crippen LogP contribution in [0.25, 0.3) is 0 Å². The van der Waals surface area contributed by atoms with Crippen molar-refractivity contribution < 1.29 is 28.5 Å². The van der Waals surface area contributed by atoms with Gasteiger partial charge in [-0.1, -0.05) is 6.07 Å². The van der Waals surface area contributed by atoms with Crippen molar-refractivity contribution in [1.82, 2.24) is 5.32 Å². The first-order chi connectivity index (χ1) is 13.6. The molecule has 0 atom stereocenters. The van der Waals surface area contributed by atoms with Crippen LogP contribution in [0.5, 0.6) is 28.7 Å². The second-order valence-corrected chi connectivity index (χ2v) is 5.98. The third kappa shape index (κ3) is 6.26. The summed E-state index contributed by atoms with van der Waals surface area (Å²) in [5.74, 6) is 2.93. The number of aryl methyl sites for hydroxylation is 1. The zero-order valence-electron chi connectivity index (χ0n) is 16.7. The van der Waals surface area contributed by atoms with Crippen LogP contribution in [0.15, 0.2) is 36.4 Å². The molecular formula is C21H27NO6. The molecule has 7 heteroatoms. The first kappa shape index (κ1) is 21.2. The maximum atomic E-state index is 12.0. The molecule has 0 saturated carbocycles. The average molecular weight is 389 g/mol.